The van der Waals surface area contributed by atoms with E-state index < -0.39 is 29.4 Å². The van der Waals surface area contributed by atoms with Crippen molar-refractivity contribution in [3.05, 3.63) is 22.5 Å². The second kappa shape index (κ2) is 11.2. The number of fused-ring (bicyclic) bond motifs is 1. The van der Waals surface area contributed by atoms with Gasteiger partial charge in [0.25, 0.3) is 0 Å². The number of amides is 1. The minimum atomic E-state index is -2.89. The van der Waals surface area contributed by atoms with Crippen LogP contribution < -0.4 is 4.90 Å². The van der Waals surface area contributed by atoms with E-state index in [1.54, 1.807) is 25.7 Å². The average molecular weight is 518 g/mol. The smallest absolute Gasteiger partial charge is 0.410 e. The van der Waals surface area contributed by atoms with E-state index in [1.807, 2.05) is 13.8 Å². The predicted octanol–water partition coefficient (Wildman–Crippen LogP) is 2.70. The lowest BCUT2D eigenvalue weighted by molar-refractivity contribution is -0.279. The van der Waals surface area contributed by atoms with Crippen molar-refractivity contribution < 1.29 is 28.9 Å². The summed E-state index contributed by atoms with van der Waals surface area (Å²) in [6, 6.07) is -0.727. The summed E-state index contributed by atoms with van der Waals surface area (Å²) >= 11 is 11.8. The highest BCUT2D eigenvalue weighted by molar-refractivity contribution is 6.30. The van der Waals surface area contributed by atoms with E-state index in [0.717, 1.165) is 0 Å². The Kier molecular flexibility index (Phi) is 9.28. The number of anilines is 1. The second-order valence-electron chi connectivity index (χ2n) is 8.18. The maximum absolute atomic E-state index is 14.5. The zero-order valence-electron chi connectivity index (χ0n) is 19.5. The molecule has 2 aromatic heterocycles. The molecule has 1 amide bonds. The number of rotatable bonds is 4. The molecule has 3 rings (SSSR count). The number of aromatic nitrogens is 3. The molecule has 1 saturated heterocycles. The van der Waals surface area contributed by atoms with E-state index in [-0.39, 0.29) is 53.4 Å². The molecule has 0 aliphatic carbocycles. The molecule has 0 spiro atoms. The number of carbonyl (C=O) groups is 1. The van der Waals surface area contributed by atoms with Crippen LogP contribution >= 0.6 is 23.2 Å². The lowest BCUT2D eigenvalue weighted by Gasteiger charge is -2.42. The van der Waals surface area contributed by atoms with Crippen LogP contribution in [0.2, 0.25) is 10.4 Å². The number of carbonyl (C=O) groups excluding carboxylic acids is 1. The second-order valence-corrected chi connectivity index (χ2v) is 8.88. The third kappa shape index (κ3) is 7.26. The van der Waals surface area contributed by atoms with Gasteiger partial charge in [-0.1, -0.05) is 25.4 Å². The lowest BCUT2D eigenvalue weighted by Crippen LogP contribution is -2.58. The number of aliphatic hydroxyl groups is 2. The largest absolute Gasteiger partial charge is 0.444 e. The molecule has 10 nitrogen and oxygen atoms in total. The summed E-state index contributed by atoms with van der Waals surface area (Å²) < 4.78 is 24.8. The number of halogens is 3. The fraction of sp³-hybridized carbons (Fsp3) is 0.600. The van der Waals surface area contributed by atoms with Gasteiger partial charge >= 0.3 is 6.09 Å². The van der Waals surface area contributed by atoms with Gasteiger partial charge in [-0.15, -0.1) is 0 Å². The van der Waals surface area contributed by atoms with Gasteiger partial charge in [-0.3, -0.25) is 4.90 Å². The van der Waals surface area contributed by atoms with Crippen LogP contribution in [-0.2, 0) is 9.47 Å². The van der Waals surface area contributed by atoms with E-state index in [0.29, 0.717) is 0 Å². The third-order valence-corrected chi connectivity index (χ3v) is 4.93. The topological polar surface area (TPSA) is 121 Å². The number of hydrogen-bond donors (Lipinski definition) is 2. The molecule has 3 heterocycles. The fourth-order valence-electron chi connectivity index (χ4n) is 3.20. The maximum Gasteiger partial charge on any atom is 0.410 e. The molecule has 1 atom stereocenters. The molecule has 1 aliphatic rings. The standard InChI is InChI=1S/C18H21BCl2FN5O5.C2H6/c1-17(2,3)32-16(28)27-5-4-26(7-9(27)8-31-18(19,29)30)14-10-6-23-13(20)11(22)12(10)24-15(21)25-14;1-2/h6,9,29-30H,4-5,7-8H2,1-3H3;1-2H3. The van der Waals surface area contributed by atoms with Crippen LogP contribution in [0.3, 0.4) is 0 Å². The Morgan fingerprint density at radius 3 is 2.50 bits per heavy atom. The first kappa shape index (κ1) is 28.3. The average Bonchev–Trinajstić information content (AvgIpc) is 2.74. The highest BCUT2D eigenvalue weighted by Gasteiger charge is 2.36. The van der Waals surface area contributed by atoms with E-state index in [1.165, 1.54) is 11.1 Å². The quantitative estimate of drug-likeness (QED) is 0.273. The van der Waals surface area contributed by atoms with Gasteiger partial charge in [0.2, 0.25) is 11.2 Å². The molecule has 2 aromatic rings. The normalized spacial score (nSPS) is 16.8. The van der Waals surface area contributed by atoms with Crippen molar-refractivity contribution in [3.8, 4) is 0 Å². The van der Waals surface area contributed by atoms with Crippen LogP contribution in [0.15, 0.2) is 6.20 Å². The van der Waals surface area contributed by atoms with Gasteiger partial charge in [-0.05, 0) is 32.4 Å². The van der Waals surface area contributed by atoms with Crippen molar-refractivity contribution in [2.75, 3.05) is 31.1 Å². The Hall–Kier alpha value is -1.99. The zero-order chi connectivity index (χ0) is 25.8. The highest BCUT2D eigenvalue weighted by Crippen LogP contribution is 2.30. The Labute approximate surface area is 208 Å². The highest BCUT2D eigenvalue weighted by atomic mass is 35.5. The molecular weight excluding hydrogens is 491 g/mol. The van der Waals surface area contributed by atoms with Gasteiger partial charge in [0, 0.05) is 25.8 Å². The summed E-state index contributed by atoms with van der Waals surface area (Å²) in [6.45, 7) is 9.36. The van der Waals surface area contributed by atoms with Gasteiger partial charge in [0.15, 0.2) is 18.8 Å². The molecule has 1 unspecified atom stereocenters. The van der Waals surface area contributed by atoms with E-state index >= 15 is 0 Å². The summed E-state index contributed by atoms with van der Waals surface area (Å²) in [4.78, 5) is 27.7. The van der Waals surface area contributed by atoms with Crippen LogP contribution in [0.5, 0.6) is 0 Å². The third-order valence-electron chi connectivity index (χ3n) is 4.49. The first-order valence-electron chi connectivity index (χ1n) is 10.5. The number of hydrogen-bond acceptors (Lipinski definition) is 9. The van der Waals surface area contributed by atoms with Crippen LogP contribution in [-0.4, -0.2) is 87.8 Å². The molecular formula is C20H27BCl2FN5O5. The minimum absolute atomic E-state index is 0.0992. The summed E-state index contributed by atoms with van der Waals surface area (Å²) in [6.07, 6.45) is 0.708. The molecule has 14 heteroatoms. The summed E-state index contributed by atoms with van der Waals surface area (Å²) in [5.41, 5.74) is -0.849. The number of piperazine rings is 1. The molecule has 2 N–H and O–H groups in total. The van der Waals surface area contributed by atoms with E-state index in [9.17, 15) is 19.4 Å². The molecule has 1 fully saturated rings. The van der Waals surface area contributed by atoms with Crippen LogP contribution in [0, 0.1) is 5.82 Å². The SMILES string of the molecule is CC.[B]C(O)(O)OCC1CN(c2nc(Cl)nc3c(F)c(Cl)ncc23)CCN1C(=O)OC(C)(C)C. The van der Waals surface area contributed by atoms with Gasteiger partial charge in [0.1, 0.15) is 16.9 Å². The van der Waals surface area contributed by atoms with E-state index in [4.69, 9.17) is 40.5 Å². The van der Waals surface area contributed by atoms with Gasteiger partial charge in [0.05, 0.1) is 18.0 Å². The van der Waals surface area contributed by atoms with Gasteiger partial charge in [-0.25, -0.2) is 19.2 Å². The first-order valence-corrected chi connectivity index (χ1v) is 11.3. The summed E-state index contributed by atoms with van der Waals surface area (Å²) in [5.74, 6) is -3.46. The van der Waals surface area contributed by atoms with Gasteiger partial charge < -0.3 is 24.6 Å². The molecule has 1 aliphatic heterocycles. The molecule has 0 aromatic carbocycles. The molecule has 186 valence electrons. The van der Waals surface area contributed by atoms with Crippen molar-refractivity contribution in [2.45, 2.75) is 52.1 Å². The Morgan fingerprint density at radius 2 is 1.91 bits per heavy atom. The monoisotopic (exact) mass is 517 g/mol. The van der Waals surface area contributed by atoms with Crippen LogP contribution in [0.4, 0.5) is 15.0 Å². The Balaban J connectivity index is 0.00000199. The van der Waals surface area contributed by atoms with Crippen molar-refractivity contribution in [1.82, 2.24) is 19.9 Å². The molecule has 0 bridgehead atoms. The van der Waals surface area contributed by atoms with Crippen molar-refractivity contribution in [2.24, 2.45) is 0 Å². The summed E-state index contributed by atoms with van der Waals surface area (Å²) in [7, 11) is 5.09. The fourth-order valence-corrected chi connectivity index (χ4v) is 3.51. The zero-order valence-corrected chi connectivity index (χ0v) is 21.1. The van der Waals surface area contributed by atoms with Crippen molar-refractivity contribution in [3.63, 3.8) is 0 Å². The minimum Gasteiger partial charge on any atom is -0.444 e. The van der Waals surface area contributed by atoms with E-state index in [2.05, 4.69) is 15.0 Å². The number of ether oxygens (including phenoxy) is 2. The Morgan fingerprint density at radius 1 is 1.26 bits per heavy atom. The number of nitrogens with zero attached hydrogens (tertiary/aromatic N) is 5. The van der Waals surface area contributed by atoms with Gasteiger partial charge in [-0.2, -0.15) is 4.98 Å². The van der Waals surface area contributed by atoms with Crippen LogP contribution in [0.25, 0.3) is 10.9 Å². The maximum atomic E-state index is 14.5. The lowest BCUT2D eigenvalue weighted by atomic mass is 10.1. The predicted molar refractivity (Wildman–Crippen MR) is 126 cm³/mol. The number of pyridine rings is 1. The van der Waals surface area contributed by atoms with Crippen LogP contribution in [0.1, 0.15) is 34.6 Å². The van der Waals surface area contributed by atoms with Crippen molar-refractivity contribution >= 4 is 53.9 Å². The molecule has 0 saturated carbocycles. The Bertz CT molecular complexity index is 1020. The molecule has 2 radical (unpaired) electrons. The van der Waals surface area contributed by atoms with Crippen molar-refractivity contribution in [1.29, 1.82) is 0 Å². The summed E-state index contributed by atoms with van der Waals surface area (Å²) in [5, 5.41) is 18.4. The molecule has 34 heavy (non-hydrogen) atoms. The first-order chi connectivity index (χ1) is 15.7.